The molecule has 130 valence electrons. The minimum atomic E-state index is 0.749. The van der Waals surface area contributed by atoms with Crippen LogP contribution in [0.3, 0.4) is 0 Å². The Morgan fingerprint density at radius 2 is 1.92 bits per heavy atom. The Labute approximate surface area is 146 Å². The molecule has 3 aromatic rings. The highest BCUT2D eigenvalue weighted by molar-refractivity contribution is 5.39. The van der Waals surface area contributed by atoms with E-state index in [0.717, 1.165) is 50.8 Å². The molecule has 0 saturated carbocycles. The minimum absolute atomic E-state index is 0.749. The number of hydrogen-bond acceptors (Lipinski definition) is 6. The highest BCUT2D eigenvalue weighted by Gasteiger charge is 2.17. The number of aryl methyl sites for hydroxylation is 1. The van der Waals surface area contributed by atoms with Gasteiger partial charge in [0, 0.05) is 63.9 Å². The van der Waals surface area contributed by atoms with Crippen molar-refractivity contribution < 1.29 is 0 Å². The van der Waals surface area contributed by atoms with Crippen molar-refractivity contribution in [3.05, 3.63) is 48.8 Å². The van der Waals surface area contributed by atoms with Crippen LogP contribution >= 0.6 is 0 Å². The van der Waals surface area contributed by atoms with Crippen LogP contribution in [0.5, 0.6) is 0 Å². The maximum absolute atomic E-state index is 4.72. The molecule has 3 aromatic heterocycles. The number of nitrogens with zero attached hydrogens (tertiary/aromatic N) is 8. The molecular weight excluding hydrogens is 316 g/mol. The third-order valence-corrected chi connectivity index (χ3v) is 4.43. The fourth-order valence-corrected chi connectivity index (χ4v) is 3.18. The van der Waals surface area contributed by atoms with Crippen LogP contribution in [0.2, 0.25) is 0 Å². The second kappa shape index (κ2) is 7.02. The minimum Gasteiger partial charge on any atom is -0.354 e. The molecule has 4 heterocycles. The van der Waals surface area contributed by atoms with Crippen LogP contribution in [-0.2, 0) is 13.6 Å². The van der Waals surface area contributed by atoms with Crippen LogP contribution in [0.4, 0.5) is 5.82 Å². The summed E-state index contributed by atoms with van der Waals surface area (Å²) in [5, 5.41) is 8.49. The summed E-state index contributed by atoms with van der Waals surface area (Å²) in [6.07, 6.45) is 12.3. The molecule has 1 aliphatic heterocycles. The van der Waals surface area contributed by atoms with Crippen molar-refractivity contribution in [2.24, 2.45) is 7.05 Å². The highest BCUT2D eigenvalue weighted by atomic mass is 15.3. The van der Waals surface area contributed by atoms with E-state index in [1.54, 1.807) is 17.1 Å². The molecule has 25 heavy (non-hydrogen) atoms. The summed E-state index contributed by atoms with van der Waals surface area (Å²) < 4.78 is 3.60. The van der Waals surface area contributed by atoms with E-state index in [-0.39, 0.29) is 0 Å². The Balaban J connectivity index is 1.43. The molecule has 4 rings (SSSR count). The van der Waals surface area contributed by atoms with E-state index < -0.39 is 0 Å². The first-order valence-corrected chi connectivity index (χ1v) is 8.55. The van der Waals surface area contributed by atoms with Crippen molar-refractivity contribution in [2.75, 3.05) is 31.1 Å². The lowest BCUT2D eigenvalue weighted by atomic mass is 10.3. The summed E-state index contributed by atoms with van der Waals surface area (Å²) in [6.45, 7) is 4.96. The second-order valence-corrected chi connectivity index (χ2v) is 6.33. The smallest absolute Gasteiger partial charge is 0.173 e. The van der Waals surface area contributed by atoms with E-state index in [9.17, 15) is 0 Å². The zero-order valence-corrected chi connectivity index (χ0v) is 14.4. The Morgan fingerprint density at radius 1 is 1.00 bits per heavy atom. The van der Waals surface area contributed by atoms with Gasteiger partial charge in [-0.05, 0) is 12.5 Å². The van der Waals surface area contributed by atoms with Crippen molar-refractivity contribution in [1.82, 2.24) is 34.4 Å². The standard InChI is InChI=1S/C17H22N8/c1-22-13-15(10-20-22)14-23-5-3-6-24(9-8-23)16-11-18-12-17(21-16)25-7-2-4-19-25/h2,4,7,10-13H,3,5-6,8-9,14H2,1H3. The number of rotatable bonds is 4. The first kappa shape index (κ1) is 15.8. The lowest BCUT2D eigenvalue weighted by Gasteiger charge is -2.22. The number of aromatic nitrogens is 6. The van der Waals surface area contributed by atoms with Crippen molar-refractivity contribution in [2.45, 2.75) is 13.0 Å². The Bertz CT molecular complexity index is 810. The predicted octanol–water partition coefficient (Wildman–Crippen LogP) is 1.11. The Kier molecular flexibility index (Phi) is 4.43. The molecule has 0 aliphatic carbocycles. The SMILES string of the molecule is Cn1cc(CN2CCCN(c3cncc(-n4cccn4)n3)CC2)cn1. The van der Waals surface area contributed by atoms with E-state index in [4.69, 9.17) is 4.98 Å². The van der Waals surface area contributed by atoms with Crippen LogP contribution in [-0.4, -0.2) is 60.6 Å². The van der Waals surface area contributed by atoms with Gasteiger partial charge in [0.1, 0.15) is 5.82 Å². The van der Waals surface area contributed by atoms with Gasteiger partial charge in [-0.1, -0.05) is 0 Å². The monoisotopic (exact) mass is 338 g/mol. The summed E-state index contributed by atoms with van der Waals surface area (Å²) >= 11 is 0. The lowest BCUT2D eigenvalue weighted by molar-refractivity contribution is 0.285. The molecule has 1 saturated heterocycles. The molecule has 0 unspecified atom stereocenters. The predicted molar refractivity (Wildman–Crippen MR) is 94.5 cm³/mol. The third-order valence-electron chi connectivity index (χ3n) is 4.43. The van der Waals surface area contributed by atoms with Crippen molar-refractivity contribution in [3.63, 3.8) is 0 Å². The number of hydrogen-bond donors (Lipinski definition) is 0. The zero-order valence-electron chi connectivity index (χ0n) is 14.4. The van der Waals surface area contributed by atoms with Gasteiger partial charge in [-0.3, -0.25) is 14.6 Å². The fraction of sp³-hybridized carbons (Fsp3) is 0.412. The number of anilines is 1. The Hall–Kier alpha value is -2.74. The highest BCUT2D eigenvalue weighted by Crippen LogP contribution is 2.15. The Morgan fingerprint density at radius 3 is 2.72 bits per heavy atom. The summed E-state index contributed by atoms with van der Waals surface area (Å²) in [5.41, 5.74) is 1.26. The molecule has 0 amide bonds. The fourth-order valence-electron chi connectivity index (χ4n) is 3.18. The van der Waals surface area contributed by atoms with Gasteiger partial charge in [-0.25, -0.2) is 9.67 Å². The second-order valence-electron chi connectivity index (χ2n) is 6.33. The first-order valence-electron chi connectivity index (χ1n) is 8.55. The molecular formula is C17H22N8. The van der Waals surface area contributed by atoms with Crippen LogP contribution in [0.1, 0.15) is 12.0 Å². The third kappa shape index (κ3) is 3.69. The van der Waals surface area contributed by atoms with Crippen molar-refractivity contribution in [3.8, 4) is 5.82 Å². The maximum Gasteiger partial charge on any atom is 0.173 e. The van der Waals surface area contributed by atoms with Crippen molar-refractivity contribution >= 4 is 5.82 Å². The zero-order chi connectivity index (χ0) is 17.1. The van der Waals surface area contributed by atoms with Crippen LogP contribution in [0, 0.1) is 0 Å². The molecule has 0 atom stereocenters. The van der Waals surface area contributed by atoms with Gasteiger partial charge in [-0.15, -0.1) is 0 Å². The van der Waals surface area contributed by atoms with Crippen LogP contribution in [0.15, 0.2) is 43.2 Å². The molecule has 0 radical (unpaired) electrons. The molecule has 0 aromatic carbocycles. The molecule has 1 aliphatic rings. The lowest BCUT2D eigenvalue weighted by Crippen LogP contribution is -2.31. The van der Waals surface area contributed by atoms with E-state index >= 15 is 0 Å². The van der Waals surface area contributed by atoms with Crippen LogP contribution in [0.25, 0.3) is 5.82 Å². The first-order chi connectivity index (χ1) is 12.3. The van der Waals surface area contributed by atoms with Gasteiger partial charge in [0.05, 0.1) is 18.6 Å². The summed E-state index contributed by atoms with van der Waals surface area (Å²) in [5.74, 6) is 1.66. The van der Waals surface area contributed by atoms with E-state index in [2.05, 4.69) is 31.2 Å². The van der Waals surface area contributed by atoms with Gasteiger partial charge in [0.15, 0.2) is 5.82 Å². The normalized spacial score (nSPS) is 16.1. The average molecular weight is 338 g/mol. The van der Waals surface area contributed by atoms with Crippen molar-refractivity contribution in [1.29, 1.82) is 0 Å². The molecule has 8 heteroatoms. The molecule has 0 bridgehead atoms. The van der Waals surface area contributed by atoms with Gasteiger partial charge in [0.2, 0.25) is 0 Å². The van der Waals surface area contributed by atoms with E-state index in [1.807, 2.05) is 36.4 Å². The largest absolute Gasteiger partial charge is 0.354 e. The van der Waals surface area contributed by atoms with E-state index in [1.165, 1.54) is 5.56 Å². The molecule has 1 fully saturated rings. The molecule has 8 nitrogen and oxygen atoms in total. The molecule has 0 spiro atoms. The van der Waals surface area contributed by atoms with Crippen LogP contribution < -0.4 is 4.90 Å². The average Bonchev–Trinajstić information content (AvgIpc) is 3.24. The van der Waals surface area contributed by atoms with Gasteiger partial charge in [-0.2, -0.15) is 10.2 Å². The topological polar surface area (TPSA) is 67.9 Å². The van der Waals surface area contributed by atoms with E-state index in [0.29, 0.717) is 0 Å². The van der Waals surface area contributed by atoms with Gasteiger partial charge >= 0.3 is 0 Å². The summed E-state index contributed by atoms with van der Waals surface area (Å²) in [6, 6.07) is 1.89. The quantitative estimate of drug-likeness (QED) is 0.710. The van der Waals surface area contributed by atoms with Gasteiger partial charge in [0.25, 0.3) is 0 Å². The molecule has 0 N–H and O–H groups in total. The maximum atomic E-state index is 4.72. The van der Waals surface area contributed by atoms with Gasteiger partial charge < -0.3 is 4.90 Å². The summed E-state index contributed by atoms with van der Waals surface area (Å²) in [4.78, 5) is 13.9. The summed E-state index contributed by atoms with van der Waals surface area (Å²) in [7, 11) is 1.96.